The van der Waals surface area contributed by atoms with E-state index in [0.717, 1.165) is 30.0 Å². The molecular weight excluding hydrogens is 432 g/mol. The summed E-state index contributed by atoms with van der Waals surface area (Å²) < 4.78 is 2.40. The lowest BCUT2D eigenvalue weighted by molar-refractivity contribution is 0.257. The number of benzene rings is 2. The van der Waals surface area contributed by atoms with E-state index in [-0.39, 0.29) is 5.75 Å². The van der Waals surface area contributed by atoms with Crippen molar-refractivity contribution < 1.29 is 10.2 Å². The van der Waals surface area contributed by atoms with Gasteiger partial charge in [0.1, 0.15) is 11.5 Å². The minimum Gasteiger partial charge on any atom is -0.508 e. The summed E-state index contributed by atoms with van der Waals surface area (Å²) in [5, 5.41) is 20.9. The number of hydrogen-bond acceptors (Lipinski definition) is 3. The highest BCUT2D eigenvalue weighted by molar-refractivity contribution is 5.92. The molecule has 1 fully saturated rings. The van der Waals surface area contributed by atoms with E-state index >= 15 is 0 Å². The number of hydrogen-bond donors (Lipinski definition) is 2. The molecule has 4 nitrogen and oxygen atoms in total. The Hall–Kier alpha value is -2.46. The quantitative estimate of drug-likeness (QED) is 0.218. The summed E-state index contributed by atoms with van der Waals surface area (Å²) in [7, 11) is 0. The summed E-state index contributed by atoms with van der Waals surface area (Å²) in [6.07, 6.45) is 14.7. The third-order valence-electron chi connectivity index (χ3n) is 7.59. The van der Waals surface area contributed by atoms with Crippen molar-refractivity contribution in [3.8, 4) is 22.8 Å². The summed E-state index contributed by atoms with van der Waals surface area (Å²) in [6, 6.07) is 14.1. The number of phenolic OH excluding ortho intramolecular Hbond substituents is 2. The van der Waals surface area contributed by atoms with Crippen LogP contribution in [-0.4, -0.2) is 38.8 Å². The van der Waals surface area contributed by atoms with Gasteiger partial charge >= 0.3 is 0 Å². The molecule has 4 rings (SSSR count). The largest absolute Gasteiger partial charge is 0.508 e. The standard InChI is InChI=1S/C31H44N2O2/c1-3-20-32(26-14-15-26)21-10-8-6-4-5-7-9-11-22-33-30-19-18-28(35)23-29(30)24(2)31(33)25-12-16-27(34)17-13-25/h12-13,16-19,23,26,34-35H,3-11,14-15,20-22H2,1-2H3. The van der Waals surface area contributed by atoms with Crippen LogP contribution in [0.4, 0.5) is 0 Å². The van der Waals surface area contributed by atoms with Gasteiger partial charge in [0.05, 0.1) is 5.69 Å². The average molecular weight is 477 g/mol. The van der Waals surface area contributed by atoms with Crippen LogP contribution in [0.3, 0.4) is 0 Å². The van der Waals surface area contributed by atoms with Gasteiger partial charge in [-0.3, -0.25) is 0 Å². The Morgan fingerprint density at radius 3 is 2.09 bits per heavy atom. The fourth-order valence-corrected chi connectivity index (χ4v) is 5.58. The van der Waals surface area contributed by atoms with Crippen LogP contribution in [-0.2, 0) is 6.54 Å². The molecule has 0 unspecified atom stereocenters. The second kappa shape index (κ2) is 12.5. The van der Waals surface area contributed by atoms with Gasteiger partial charge in [-0.05, 0) is 106 Å². The van der Waals surface area contributed by atoms with Crippen molar-refractivity contribution in [3.05, 3.63) is 48.0 Å². The summed E-state index contributed by atoms with van der Waals surface area (Å²) in [5.41, 5.74) is 4.65. The zero-order valence-corrected chi connectivity index (χ0v) is 21.8. The SMILES string of the molecule is CCCN(CCCCCCCCCCn1c(-c2ccc(O)cc2)c(C)c2cc(O)ccc21)C1CC1. The van der Waals surface area contributed by atoms with Gasteiger partial charge < -0.3 is 19.7 Å². The van der Waals surface area contributed by atoms with Crippen molar-refractivity contribution in [2.24, 2.45) is 0 Å². The lowest BCUT2D eigenvalue weighted by atomic mass is 10.1. The first-order chi connectivity index (χ1) is 17.1. The van der Waals surface area contributed by atoms with Gasteiger partial charge in [0.2, 0.25) is 0 Å². The Kier molecular flexibility index (Phi) is 9.14. The van der Waals surface area contributed by atoms with Gasteiger partial charge in [-0.25, -0.2) is 0 Å². The van der Waals surface area contributed by atoms with E-state index in [9.17, 15) is 10.2 Å². The molecule has 3 aromatic rings. The molecule has 35 heavy (non-hydrogen) atoms. The molecule has 2 N–H and O–H groups in total. The molecule has 1 aromatic heterocycles. The Labute approximate surface area is 211 Å². The summed E-state index contributed by atoms with van der Waals surface area (Å²) in [6.45, 7) is 8.00. The second-order valence-corrected chi connectivity index (χ2v) is 10.5. The smallest absolute Gasteiger partial charge is 0.116 e. The molecule has 0 radical (unpaired) electrons. The van der Waals surface area contributed by atoms with Crippen molar-refractivity contribution in [3.63, 3.8) is 0 Å². The number of phenols is 2. The molecule has 4 heteroatoms. The van der Waals surface area contributed by atoms with Gasteiger partial charge in [-0.1, -0.05) is 45.4 Å². The number of unbranched alkanes of at least 4 members (excludes halogenated alkanes) is 7. The van der Waals surface area contributed by atoms with Crippen LogP contribution in [0.25, 0.3) is 22.2 Å². The van der Waals surface area contributed by atoms with E-state index < -0.39 is 0 Å². The second-order valence-electron chi connectivity index (χ2n) is 10.5. The van der Waals surface area contributed by atoms with Crippen molar-refractivity contribution in [2.75, 3.05) is 13.1 Å². The fraction of sp³-hybridized carbons (Fsp3) is 0.548. The van der Waals surface area contributed by atoms with Crippen molar-refractivity contribution in [2.45, 2.75) is 97.1 Å². The zero-order valence-electron chi connectivity index (χ0n) is 21.8. The molecule has 0 spiro atoms. The highest BCUT2D eigenvalue weighted by Crippen LogP contribution is 2.36. The number of aromatic hydroxyl groups is 2. The molecular formula is C31H44N2O2. The molecule has 1 heterocycles. The van der Waals surface area contributed by atoms with Gasteiger partial charge in [0.15, 0.2) is 0 Å². The first kappa shape index (κ1) is 25.6. The minimum absolute atomic E-state index is 0.285. The molecule has 190 valence electrons. The minimum atomic E-state index is 0.285. The summed E-state index contributed by atoms with van der Waals surface area (Å²) in [4.78, 5) is 2.72. The van der Waals surface area contributed by atoms with Crippen molar-refractivity contribution >= 4 is 10.9 Å². The number of fused-ring (bicyclic) bond motifs is 1. The molecule has 0 bridgehead atoms. The van der Waals surface area contributed by atoms with E-state index in [1.54, 1.807) is 18.2 Å². The highest BCUT2D eigenvalue weighted by atomic mass is 16.3. The summed E-state index contributed by atoms with van der Waals surface area (Å²) in [5.74, 6) is 0.591. The van der Waals surface area contributed by atoms with Crippen molar-refractivity contribution in [1.29, 1.82) is 0 Å². The lowest BCUT2D eigenvalue weighted by Crippen LogP contribution is -2.27. The van der Waals surface area contributed by atoms with Crippen LogP contribution in [0.2, 0.25) is 0 Å². The van der Waals surface area contributed by atoms with Crippen LogP contribution in [0.15, 0.2) is 42.5 Å². The van der Waals surface area contributed by atoms with Crippen molar-refractivity contribution in [1.82, 2.24) is 9.47 Å². The van der Waals surface area contributed by atoms with Crippen LogP contribution in [0.5, 0.6) is 11.5 Å². The van der Waals surface area contributed by atoms with Gasteiger partial charge in [0, 0.05) is 23.5 Å². The van der Waals surface area contributed by atoms with Gasteiger partial charge in [0.25, 0.3) is 0 Å². The van der Waals surface area contributed by atoms with E-state index in [1.807, 2.05) is 24.3 Å². The first-order valence-electron chi connectivity index (χ1n) is 13.9. The van der Waals surface area contributed by atoms with E-state index in [2.05, 4.69) is 23.3 Å². The topological polar surface area (TPSA) is 48.6 Å². The monoisotopic (exact) mass is 476 g/mol. The first-order valence-corrected chi connectivity index (χ1v) is 13.9. The molecule has 0 amide bonds. The van der Waals surface area contributed by atoms with E-state index in [4.69, 9.17) is 0 Å². The van der Waals surface area contributed by atoms with Crippen LogP contribution < -0.4 is 0 Å². The lowest BCUT2D eigenvalue weighted by Gasteiger charge is -2.20. The normalized spacial score (nSPS) is 13.8. The third kappa shape index (κ3) is 6.82. The highest BCUT2D eigenvalue weighted by Gasteiger charge is 2.27. The van der Waals surface area contributed by atoms with Crippen LogP contribution in [0, 0.1) is 6.92 Å². The predicted octanol–water partition coefficient (Wildman–Crippen LogP) is 8.02. The average Bonchev–Trinajstić information content (AvgIpc) is 3.66. The Morgan fingerprint density at radius 2 is 1.43 bits per heavy atom. The Balaban J connectivity index is 1.23. The molecule has 0 saturated heterocycles. The maximum atomic E-state index is 10.0. The zero-order chi connectivity index (χ0) is 24.6. The fourth-order valence-electron chi connectivity index (χ4n) is 5.58. The van der Waals surface area contributed by atoms with Gasteiger partial charge in [-0.15, -0.1) is 0 Å². The molecule has 0 aliphatic heterocycles. The number of rotatable bonds is 15. The summed E-state index contributed by atoms with van der Waals surface area (Å²) >= 11 is 0. The van der Waals surface area contributed by atoms with E-state index in [0.29, 0.717) is 5.75 Å². The number of nitrogens with zero attached hydrogens (tertiary/aromatic N) is 2. The van der Waals surface area contributed by atoms with Crippen LogP contribution in [0.1, 0.15) is 83.1 Å². The van der Waals surface area contributed by atoms with E-state index in [1.165, 1.54) is 94.1 Å². The molecule has 1 aliphatic carbocycles. The van der Waals surface area contributed by atoms with Crippen LogP contribution >= 0.6 is 0 Å². The molecule has 1 saturated carbocycles. The molecule has 2 aromatic carbocycles. The Bertz CT molecular complexity index is 1070. The third-order valence-corrected chi connectivity index (χ3v) is 7.59. The Morgan fingerprint density at radius 1 is 0.800 bits per heavy atom. The molecule has 0 atom stereocenters. The number of aromatic nitrogens is 1. The maximum absolute atomic E-state index is 10.0. The predicted molar refractivity (Wildman–Crippen MR) is 147 cm³/mol. The van der Waals surface area contributed by atoms with Gasteiger partial charge in [-0.2, -0.15) is 0 Å². The maximum Gasteiger partial charge on any atom is 0.116 e. The number of aryl methyl sites for hydroxylation is 2. The molecule has 1 aliphatic rings.